The average molecular weight is 1070 g/mol. The molecule has 0 unspecified atom stereocenters. The molecular weight excluding hydrogens is 973 g/mol. The first kappa shape index (κ1) is 67.1. The van der Waals surface area contributed by atoms with Crippen molar-refractivity contribution in [3.05, 3.63) is 84.4 Å². The molecule has 0 saturated carbocycles. The topological polar surface area (TPSA) is 180 Å². The summed E-state index contributed by atoms with van der Waals surface area (Å²) >= 11 is 0. The molecule has 430 valence electrons. The third-order valence-electron chi connectivity index (χ3n) is 14.7. The standard InChI is InChI=1S/C61H98N8O8/c1-15-16-17-20-30-37-53(72)67(12)54(44(2)3)60(76)69(14)56(46(6)7)61(77)68(13)55(45(4)5)59(75)65(10)47(8)57(73)66(11)50(43-49-34-27-24-28-35-49)58(74)64(9)42-31-22-19-18-21-29-36-51(70)62-40-41-63-52(71)39-38-48-32-25-23-26-33-48/h15,23-28,32-35,44-47,50,54-56H,1,16-22,29-31,36-43H2,2-14H3,(H,62,70)(H,63,71)/t47-,50-,54-,55-,56-/m0/s1. The quantitative estimate of drug-likeness (QED) is 0.0519. The number of nitrogens with zero attached hydrogens (tertiary/aromatic N) is 6. The molecule has 0 aromatic heterocycles. The van der Waals surface area contributed by atoms with Crippen LogP contribution >= 0.6 is 0 Å². The van der Waals surface area contributed by atoms with Crippen LogP contribution in [0.4, 0.5) is 0 Å². The third kappa shape index (κ3) is 22.4. The van der Waals surface area contributed by atoms with E-state index in [4.69, 9.17) is 0 Å². The van der Waals surface area contributed by atoms with Gasteiger partial charge in [0, 0.05) is 87.6 Å². The van der Waals surface area contributed by atoms with Gasteiger partial charge in [0.15, 0.2) is 0 Å². The van der Waals surface area contributed by atoms with Crippen LogP contribution in [0.25, 0.3) is 0 Å². The molecule has 5 atom stereocenters. The predicted molar refractivity (Wildman–Crippen MR) is 307 cm³/mol. The molecule has 8 amide bonds. The smallest absolute Gasteiger partial charge is 0.246 e. The molecular formula is C61H98N8O8. The normalized spacial score (nSPS) is 13.2. The lowest BCUT2D eigenvalue weighted by molar-refractivity contribution is -0.157. The minimum absolute atomic E-state index is 0.0322. The van der Waals surface area contributed by atoms with Crippen LogP contribution in [0, 0.1) is 17.8 Å². The average Bonchev–Trinajstić information content (AvgIpc) is 3.40. The van der Waals surface area contributed by atoms with Gasteiger partial charge < -0.3 is 40.0 Å². The van der Waals surface area contributed by atoms with Crippen molar-refractivity contribution in [2.75, 3.05) is 61.9 Å². The highest BCUT2D eigenvalue weighted by Gasteiger charge is 2.43. The fourth-order valence-corrected chi connectivity index (χ4v) is 9.89. The number of amides is 8. The van der Waals surface area contributed by atoms with Gasteiger partial charge >= 0.3 is 0 Å². The number of hydrogen-bond donors (Lipinski definition) is 2. The van der Waals surface area contributed by atoms with E-state index in [2.05, 4.69) is 17.2 Å². The van der Waals surface area contributed by atoms with Gasteiger partial charge in [-0.25, -0.2) is 0 Å². The Balaban J connectivity index is 2.04. The predicted octanol–water partition coefficient (Wildman–Crippen LogP) is 7.54. The lowest BCUT2D eigenvalue weighted by atomic mass is 9.94. The van der Waals surface area contributed by atoms with Gasteiger partial charge in [0.25, 0.3) is 0 Å². The Morgan fingerprint density at radius 1 is 0.468 bits per heavy atom. The Kier molecular flexibility index (Phi) is 30.8. The van der Waals surface area contributed by atoms with E-state index in [-0.39, 0.29) is 53.7 Å². The van der Waals surface area contributed by atoms with Gasteiger partial charge in [-0.1, -0.05) is 140 Å². The molecule has 0 aliphatic rings. The van der Waals surface area contributed by atoms with Gasteiger partial charge in [-0.3, -0.25) is 38.4 Å². The summed E-state index contributed by atoms with van der Waals surface area (Å²) in [5.74, 6) is -3.09. The van der Waals surface area contributed by atoms with Crippen molar-refractivity contribution in [3.63, 3.8) is 0 Å². The molecule has 0 fully saturated rings. The van der Waals surface area contributed by atoms with Gasteiger partial charge in [-0.2, -0.15) is 0 Å². The summed E-state index contributed by atoms with van der Waals surface area (Å²) in [6.07, 6.45) is 12.6. The molecule has 0 heterocycles. The minimum Gasteiger partial charge on any atom is -0.354 e. The van der Waals surface area contributed by atoms with Crippen molar-refractivity contribution < 1.29 is 38.4 Å². The molecule has 0 spiro atoms. The number of carbonyl (C=O) groups is 8. The van der Waals surface area contributed by atoms with Gasteiger partial charge in [-0.05, 0) is 74.3 Å². The molecule has 0 saturated heterocycles. The molecule has 16 heteroatoms. The van der Waals surface area contributed by atoms with Crippen molar-refractivity contribution >= 4 is 47.3 Å². The summed E-state index contributed by atoms with van der Waals surface area (Å²) in [6, 6.07) is 14.7. The van der Waals surface area contributed by atoms with Crippen molar-refractivity contribution in [2.45, 2.75) is 175 Å². The highest BCUT2D eigenvalue weighted by molar-refractivity contribution is 5.96. The number of rotatable bonds is 36. The van der Waals surface area contributed by atoms with E-state index in [0.29, 0.717) is 51.7 Å². The lowest BCUT2D eigenvalue weighted by Gasteiger charge is -2.41. The van der Waals surface area contributed by atoms with Crippen LogP contribution in [0.1, 0.15) is 143 Å². The van der Waals surface area contributed by atoms with Crippen LogP contribution in [0.15, 0.2) is 73.3 Å². The lowest BCUT2D eigenvalue weighted by Crippen LogP contribution is -2.61. The maximum absolute atomic E-state index is 14.6. The molecule has 0 aliphatic heterocycles. The number of allylic oxidation sites excluding steroid dienone is 1. The van der Waals surface area contributed by atoms with Crippen LogP contribution < -0.4 is 10.6 Å². The first-order valence-corrected chi connectivity index (χ1v) is 28.3. The zero-order valence-corrected chi connectivity index (χ0v) is 49.4. The third-order valence-corrected chi connectivity index (χ3v) is 14.7. The zero-order chi connectivity index (χ0) is 57.8. The molecule has 2 N–H and O–H groups in total. The van der Waals surface area contributed by atoms with Crippen LogP contribution in [0.5, 0.6) is 0 Å². The molecule has 2 aromatic rings. The molecule has 0 radical (unpaired) electrons. The second-order valence-electron chi connectivity index (χ2n) is 22.0. The molecule has 2 aromatic carbocycles. The van der Waals surface area contributed by atoms with Gasteiger partial charge in [-0.15, -0.1) is 6.58 Å². The Bertz CT molecular complexity index is 2150. The van der Waals surface area contributed by atoms with Crippen molar-refractivity contribution in [1.29, 1.82) is 0 Å². The fraction of sp³-hybridized carbons (Fsp3) is 0.639. The summed E-state index contributed by atoms with van der Waals surface area (Å²) in [4.78, 5) is 119. The van der Waals surface area contributed by atoms with Gasteiger partial charge in [0.05, 0.1) is 0 Å². The molecule has 0 aliphatic carbocycles. The summed E-state index contributed by atoms with van der Waals surface area (Å²) in [5.41, 5.74) is 1.99. The number of hydrogen-bond acceptors (Lipinski definition) is 8. The molecule has 16 nitrogen and oxygen atoms in total. The molecule has 2 rings (SSSR count). The fourth-order valence-electron chi connectivity index (χ4n) is 9.89. The Morgan fingerprint density at radius 3 is 1.40 bits per heavy atom. The van der Waals surface area contributed by atoms with E-state index in [1.807, 2.05) is 108 Å². The number of benzene rings is 2. The van der Waals surface area contributed by atoms with Crippen molar-refractivity contribution in [2.24, 2.45) is 17.8 Å². The molecule has 77 heavy (non-hydrogen) atoms. The minimum atomic E-state index is -1.00. The second kappa shape index (κ2) is 35.4. The maximum Gasteiger partial charge on any atom is 0.246 e. The van der Waals surface area contributed by atoms with Crippen molar-refractivity contribution in [1.82, 2.24) is 40.0 Å². The summed E-state index contributed by atoms with van der Waals surface area (Å²) in [7, 11) is 9.66. The van der Waals surface area contributed by atoms with Gasteiger partial charge in [0.2, 0.25) is 47.3 Å². The number of aryl methyl sites for hydroxylation is 1. The number of likely N-dealkylation sites (N-methyl/N-ethyl adjacent to an activating group) is 6. The van der Waals surface area contributed by atoms with E-state index < -0.39 is 47.9 Å². The van der Waals surface area contributed by atoms with Crippen LogP contribution in [0.2, 0.25) is 0 Å². The maximum atomic E-state index is 14.6. The highest BCUT2D eigenvalue weighted by atomic mass is 16.2. The SMILES string of the molecule is C=CCCCCCC(=O)N(C)[C@H](C(=O)N(C)[C@H](C(=O)N(C)[C@H](C(=O)N(C)[C@@H](C)C(=O)N(C)[C@@H](Cc1ccccc1)C(=O)N(C)CCCCCCCCC(=O)NCCNC(=O)CCc1ccccc1)C(C)C)C(C)C)C(C)C. The Labute approximate surface area is 463 Å². The van der Waals surface area contributed by atoms with Gasteiger partial charge in [0.1, 0.15) is 30.2 Å². The van der Waals surface area contributed by atoms with Crippen LogP contribution in [-0.2, 0) is 51.2 Å². The van der Waals surface area contributed by atoms with Crippen LogP contribution in [-0.4, -0.2) is 169 Å². The van der Waals surface area contributed by atoms with Crippen LogP contribution in [0.3, 0.4) is 0 Å². The van der Waals surface area contributed by atoms with E-state index in [1.54, 1.807) is 47.1 Å². The monoisotopic (exact) mass is 1070 g/mol. The van der Waals surface area contributed by atoms with E-state index >= 15 is 0 Å². The summed E-state index contributed by atoms with van der Waals surface area (Å²) in [5, 5.41) is 5.74. The van der Waals surface area contributed by atoms with Crippen molar-refractivity contribution in [3.8, 4) is 0 Å². The van der Waals surface area contributed by atoms with E-state index in [1.165, 1.54) is 31.5 Å². The Morgan fingerprint density at radius 2 is 0.896 bits per heavy atom. The largest absolute Gasteiger partial charge is 0.354 e. The second-order valence-corrected chi connectivity index (χ2v) is 22.0. The number of nitrogens with one attached hydrogen (secondary N) is 2. The number of carbonyl (C=O) groups excluding carboxylic acids is 8. The summed E-state index contributed by atoms with van der Waals surface area (Å²) in [6.45, 7) is 17.8. The first-order chi connectivity index (χ1) is 36.5. The summed E-state index contributed by atoms with van der Waals surface area (Å²) < 4.78 is 0. The highest BCUT2D eigenvalue weighted by Crippen LogP contribution is 2.24. The zero-order valence-electron chi connectivity index (χ0n) is 49.4. The molecule has 0 bridgehead atoms. The van der Waals surface area contributed by atoms with E-state index in [9.17, 15) is 38.4 Å². The Hall–Kier alpha value is -6.06. The first-order valence-electron chi connectivity index (χ1n) is 28.3. The van der Waals surface area contributed by atoms with E-state index in [0.717, 1.165) is 68.9 Å². The number of unbranched alkanes of at least 4 members (excludes halogenated alkanes) is 8.